The van der Waals surface area contributed by atoms with Gasteiger partial charge in [-0.15, -0.1) is 10.2 Å². The molecule has 0 unspecified atom stereocenters. The molecular weight excluding hydrogens is 362 g/mol. The van der Waals surface area contributed by atoms with Crippen molar-refractivity contribution in [3.8, 4) is 0 Å². The maximum absolute atomic E-state index is 12.6. The van der Waals surface area contributed by atoms with E-state index in [-0.39, 0.29) is 23.5 Å². The van der Waals surface area contributed by atoms with E-state index in [1.54, 1.807) is 0 Å². The fourth-order valence-corrected chi connectivity index (χ4v) is 7.12. The van der Waals surface area contributed by atoms with E-state index in [4.69, 9.17) is 9.15 Å². The predicted molar refractivity (Wildman–Crippen MR) is 101 cm³/mol. The number of amides is 1. The molecule has 27 heavy (non-hydrogen) atoms. The zero-order chi connectivity index (χ0) is 18.6. The molecule has 4 bridgehead atoms. The highest BCUT2D eigenvalue weighted by Gasteiger charge is 2.54. The van der Waals surface area contributed by atoms with E-state index in [1.807, 2.05) is 18.7 Å². The van der Waals surface area contributed by atoms with Crippen LogP contribution in [0.2, 0.25) is 0 Å². The Bertz CT molecular complexity index is 676. The van der Waals surface area contributed by atoms with E-state index in [9.17, 15) is 4.79 Å². The van der Waals surface area contributed by atoms with Crippen LogP contribution >= 0.6 is 11.8 Å². The van der Waals surface area contributed by atoms with Gasteiger partial charge in [0.05, 0.1) is 18.0 Å². The zero-order valence-corrected chi connectivity index (χ0v) is 17.0. The van der Waals surface area contributed by atoms with Gasteiger partial charge in [-0.2, -0.15) is 0 Å². The Morgan fingerprint density at radius 1 is 1.07 bits per heavy atom. The van der Waals surface area contributed by atoms with Crippen LogP contribution in [0.3, 0.4) is 0 Å². The topological polar surface area (TPSA) is 68.5 Å². The molecule has 1 aromatic rings. The number of hydrogen-bond donors (Lipinski definition) is 0. The third-order valence-corrected chi connectivity index (χ3v) is 7.79. The summed E-state index contributed by atoms with van der Waals surface area (Å²) in [5.74, 6) is 3.87. The van der Waals surface area contributed by atoms with Crippen molar-refractivity contribution in [1.29, 1.82) is 0 Å². The monoisotopic (exact) mass is 391 g/mol. The highest BCUT2D eigenvalue weighted by Crippen LogP contribution is 2.60. The summed E-state index contributed by atoms with van der Waals surface area (Å²) < 4.78 is 11.8. The molecule has 1 amide bonds. The summed E-state index contributed by atoms with van der Waals surface area (Å²) in [5.41, 5.74) is 0.125. The molecule has 5 aliphatic rings. The average molecular weight is 392 g/mol. The van der Waals surface area contributed by atoms with Gasteiger partial charge < -0.3 is 14.1 Å². The van der Waals surface area contributed by atoms with Crippen molar-refractivity contribution in [3.05, 3.63) is 5.89 Å². The smallest absolute Gasteiger partial charge is 0.277 e. The summed E-state index contributed by atoms with van der Waals surface area (Å²) in [5, 5.41) is 9.25. The van der Waals surface area contributed by atoms with Crippen molar-refractivity contribution in [3.63, 3.8) is 0 Å². The number of aromatic nitrogens is 2. The van der Waals surface area contributed by atoms with Crippen molar-refractivity contribution < 1.29 is 13.9 Å². The van der Waals surface area contributed by atoms with Crippen molar-refractivity contribution in [2.24, 2.45) is 17.8 Å². The first-order chi connectivity index (χ1) is 13.0. The molecule has 148 valence electrons. The number of carbonyl (C=O) groups excluding carboxylic acids is 1. The van der Waals surface area contributed by atoms with Gasteiger partial charge in [0.1, 0.15) is 0 Å². The first-order valence-corrected chi connectivity index (χ1v) is 11.4. The molecule has 0 radical (unpaired) electrons. The Hall–Kier alpha value is -1.08. The van der Waals surface area contributed by atoms with Crippen LogP contribution in [0.25, 0.3) is 0 Å². The molecule has 5 fully saturated rings. The molecule has 6 rings (SSSR count). The quantitative estimate of drug-likeness (QED) is 0.734. The third kappa shape index (κ3) is 3.41. The van der Waals surface area contributed by atoms with Crippen LogP contribution in [0.5, 0.6) is 0 Å². The van der Waals surface area contributed by atoms with Crippen LogP contribution < -0.4 is 0 Å². The summed E-state index contributed by atoms with van der Waals surface area (Å²) in [6, 6.07) is 0. The van der Waals surface area contributed by atoms with E-state index in [0.717, 1.165) is 23.6 Å². The van der Waals surface area contributed by atoms with Gasteiger partial charge in [0.15, 0.2) is 0 Å². The fourth-order valence-electron chi connectivity index (χ4n) is 6.45. The maximum Gasteiger partial charge on any atom is 0.277 e. The van der Waals surface area contributed by atoms with Gasteiger partial charge in [-0.3, -0.25) is 4.79 Å². The minimum absolute atomic E-state index is 0.0915. The number of ether oxygens (including phenoxy) is 1. The summed E-state index contributed by atoms with van der Waals surface area (Å²) >= 11 is 1.38. The molecule has 0 N–H and O–H groups in total. The molecule has 0 spiro atoms. The van der Waals surface area contributed by atoms with Crippen LogP contribution in [0.15, 0.2) is 9.64 Å². The molecule has 2 heterocycles. The lowest BCUT2D eigenvalue weighted by atomic mass is 9.49. The molecule has 4 saturated carbocycles. The number of nitrogens with zero attached hydrogens (tertiary/aromatic N) is 3. The van der Waals surface area contributed by atoms with Gasteiger partial charge >= 0.3 is 0 Å². The third-order valence-electron chi connectivity index (χ3n) is 6.99. The van der Waals surface area contributed by atoms with Crippen molar-refractivity contribution in [1.82, 2.24) is 15.1 Å². The zero-order valence-electron chi connectivity index (χ0n) is 16.2. The summed E-state index contributed by atoms with van der Waals surface area (Å²) in [7, 11) is 0. The van der Waals surface area contributed by atoms with Crippen molar-refractivity contribution >= 4 is 17.7 Å². The van der Waals surface area contributed by atoms with Gasteiger partial charge in [0, 0.05) is 18.5 Å². The SMILES string of the molecule is C[C@H]1CN(C(=O)CSc2nnc(C34CC5CC(CC(C5)C3)C4)o2)C[C@H](C)O1. The van der Waals surface area contributed by atoms with E-state index in [2.05, 4.69) is 10.2 Å². The lowest BCUT2D eigenvalue weighted by molar-refractivity contribution is -0.140. The number of carbonyl (C=O) groups is 1. The average Bonchev–Trinajstić information content (AvgIpc) is 3.07. The highest BCUT2D eigenvalue weighted by atomic mass is 32.2. The molecule has 7 heteroatoms. The van der Waals surface area contributed by atoms with Crippen molar-refractivity contribution in [2.45, 2.75) is 75.2 Å². The Balaban J connectivity index is 1.22. The number of rotatable bonds is 4. The van der Waals surface area contributed by atoms with Crippen LogP contribution in [0.4, 0.5) is 0 Å². The second-order valence-corrected chi connectivity index (χ2v) is 10.3. The van der Waals surface area contributed by atoms with Gasteiger partial charge in [0.2, 0.25) is 11.8 Å². The van der Waals surface area contributed by atoms with Crippen LogP contribution in [0.1, 0.15) is 58.3 Å². The van der Waals surface area contributed by atoms with Crippen molar-refractivity contribution in [2.75, 3.05) is 18.8 Å². The Labute approximate surface area is 164 Å². The lowest BCUT2D eigenvalue weighted by Gasteiger charge is -2.55. The Morgan fingerprint density at radius 2 is 1.67 bits per heavy atom. The number of hydrogen-bond acceptors (Lipinski definition) is 6. The molecule has 1 aromatic heterocycles. The Kier molecular flexibility index (Phi) is 4.50. The summed E-state index contributed by atoms with van der Waals surface area (Å²) in [4.78, 5) is 14.4. The molecule has 4 aliphatic carbocycles. The molecule has 1 aliphatic heterocycles. The first kappa shape index (κ1) is 18.0. The summed E-state index contributed by atoms with van der Waals surface area (Å²) in [6.07, 6.45) is 8.04. The van der Waals surface area contributed by atoms with E-state index in [1.165, 1.54) is 50.3 Å². The number of morpholine rings is 1. The van der Waals surface area contributed by atoms with Crippen LogP contribution in [0, 0.1) is 17.8 Å². The van der Waals surface area contributed by atoms with Crippen LogP contribution in [-0.4, -0.2) is 52.1 Å². The van der Waals surface area contributed by atoms with Gasteiger partial charge in [-0.05, 0) is 70.1 Å². The Morgan fingerprint density at radius 3 is 2.26 bits per heavy atom. The van der Waals surface area contributed by atoms with Gasteiger partial charge in [-0.25, -0.2) is 0 Å². The predicted octanol–water partition coefficient (Wildman–Crippen LogP) is 3.27. The van der Waals surface area contributed by atoms with Gasteiger partial charge in [-0.1, -0.05) is 11.8 Å². The van der Waals surface area contributed by atoms with Gasteiger partial charge in [0.25, 0.3) is 5.22 Å². The molecule has 6 nitrogen and oxygen atoms in total. The minimum atomic E-state index is 0.0915. The fraction of sp³-hybridized carbons (Fsp3) is 0.850. The molecule has 0 aromatic carbocycles. The number of thioether (sulfide) groups is 1. The van der Waals surface area contributed by atoms with E-state index in [0.29, 0.717) is 24.1 Å². The first-order valence-electron chi connectivity index (χ1n) is 10.4. The minimum Gasteiger partial charge on any atom is -0.415 e. The highest BCUT2D eigenvalue weighted by molar-refractivity contribution is 7.99. The normalized spacial score (nSPS) is 40.5. The standard InChI is InChI=1S/C20H29N3O3S/c1-12-9-23(10-13(2)25-12)17(24)11-27-19-22-21-18(26-19)20-6-14-3-15(7-20)5-16(4-14)8-20/h12-16H,3-11H2,1-2H3/t12-,13-,14?,15?,16?,20?/m0/s1. The molecular formula is C20H29N3O3S. The largest absolute Gasteiger partial charge is 0.415 e. The maximum atomic E-state index is 12.6. The van der Waals surface area contributed by atoms with E-state index >= 15 is 0 Å². The molecule has 2 atom stereocenters. The molecule has 1 saturated heterocycles. The second-order valence-electron chi connectivity index (χ2n) is 9.42. The second kappa shape index (κ2) is 6.76. The lowest BCUT2D eigenvalue weighted by Crippen LogP contribution is -2.48. The summed E-state index contributed by atoms with van der Waals surface area (Å²) in [6.45, 7) is 5.34. The van der Waals surface area contributed by atoms with E-state index < -0.39 is 0 Å². The van der Waals surface area contributed by atoms with Crippen LogP contribution in [-0.2, 0) is 14.9 Å².